The lowest BCUT2D eigenvalue weighted by atomic mass is 10.1. The fourth-order valence-electron chi connectivity index (χ4n) is 1.96. The summed E-state index contributed by atoms with van der Waals surface area (Å²) in [7, 11) is 1.92. The molecule has 2 N–H and O–H groups in total. The zero-order valence-corrected chi connectivity index (χ0v) is 15.1. The molecule has 0 unspecified atom stereocenters. The van der Waals surface area contributed by atoms with Gasteiger partial charge in [0.25, 0.3) is 0 Å². The summed E-state index contributed by atoms with van der Waals surface area (Å²) in [6, 6.07) is 5.67. The molecule has 1 atom stereocenters. The smallest absolute Gasteiger partial charge is 0.171 e. The number of anilines is 1. The Morgan fingerprint density at radius 1 is 1.48 bits per heavy atom. The van der Waals surface area contributed by atoms with Crippen LogP contribution < -0.4 is 10.6 Å². The zero-order valence-electron chi connectivity index (χ0n) is 11.9. The Balaban J connectivity index is 2.03. The maximum absolute atomic E-state index is 6.16. The summed E-state index contributed by atoms with van der Waals surface area (Å²) in [5.74, 6) is 0. The van der Waals surface area contributed by atoms with Crippen molar-refractivity contribution in [3.63, 3.8) is 0 Å². The van der Waals surface area contributed by atoms with Crippen LogP contribution in [0.1, 0.15) is 24.2 Å². The van der Waals surface area contributed by atoms with Gasteiger partial charge in [-0.25, -0.2) is 0 Å². The van der Waals surface area contributed by atoms with E-state index in [0.717, 1.165) is 21.4 Å². The summed E-state index contributed by atoms with van der Waals surface area (Å²) in [5.41, 5.74) is 3.00. The van der Waals surface area contributed by atoms with Gasteiger partial charge in [0.2, 0.25) is 0 Å². The van der Waals surface area contributed by atoms with E-state index in [1.165, 1.54) is 0 Å². The molecule has 0 saturated heterocycles. The van der Waals surface area contributed by atoms with E-state index in [2.05, 4.69) is 31.7 Å². The molecular weight excluding hydrogens is 372 g/mol. The lowest BCUT2D eigenvalue weighted by Gasteiger charge is -2.17. The minimum Gasteiger partial charge on any atom is -0.356 e. The van der Waals surface area contributed by atoms with E-state index in [1.54, 1.807) is 0 Å². The molecule has 1 heterocycles. The van der Waals surface area contributed by atoms with Crippen molar-refractivity contribution in [2.45, 2.75) is 19.9 Å². The Hall–Kier alpha value is -1.11. The highest BCUT2D eigenvalue weighted by atomic mass is 79.9. The van der Waals surface area contributed by atoms with Gasteiger partial charge in [-0.05, 0) is 44.3 Å². The summed E-state index contributed by atoms with van der Waals surface area (Å²) >= 11 is 14.9. The second-order valence-corrected chi connectivity index (χ2v) is 6.48. The highest BCUT2D eigenvalue weighted by Gasteiger charge is 2.13. The molecule has 0 bridgehead atoms. The van der Waals surface area contributed by atoms with Crippen molar-refractivity contribution in [2.75, 3.05) is 5.32 Å². The van der Waals surface area contributed by atoms with Crippen molar-refractivity contribution in [3.8, 4) is 0 Å². The quantitative estimate of drug-likeness (QED) is 0.775. The molecular formula is C14H16BrClN4S. The molecule has 0 fully saturated rings. The number of nitrogens with one attached hydrogen (secondary N) is 2. The average Bonchev–Trinajstić information content (AvgIpc) is 2.73. The van der Waals surface area contributed by atoms with Crippen LogP contribution in [0.4, 0.5) is 5.69 Å². The molecule has 1 aromatic heterocycles. The highest BCUT2D eigenvalue weighted by Crippen LogP contribution is 2.25. The maximum atomic E-state index is 6.16. The molecule has 0 aliphatic heterocycles. The number of thiocarbonyl (C=S) groups is 1. The zero-order chi connectivity index (χ0) is 15.6. The second-order valence-electron chi connectivity index (χ2n) is 4.75. The van der Waals surface area contributed by atoms with Crippen molar-refractivity contribution < 1.29 is 0 Å². The van der Waals surface area contributed by atoms with Gasteiger partial charge in [-0.2, -0.15) is 5.10 Å². The van der Waals surface area contributed by atoms with E-state index < -0.39 is 0 Å². The lowest BCUT2D eigenvalue weighted by Crippen LogP contribution is -2.31. The van der Waals surface area contributed by atoms with Gasteiger partial charge in [0.1, 0.15) is 0 Å². The van der Waals surface area contributed by atoms with Crippen molar-refractivity contribution in [3.05, 3.63) is 45.1 Å². The minimum atomic E-state index is 0.0629. The van der Waals surface area contributed by atoms with Crippen molar-refractivity contribution >= 4 is 50.5 Å². The number of benzene rings is 1. The molecule has 7 heteroatoms. The summed E-state index contributed by atoms with van der Waals surface area (Å²) in [5, 5.41) is 11.7. The third-order valence-corrected chi connectivity index (χ3v) is 4.29. The third-order valence-electron chi connectivity index (χ3n) is 3.27. The first-order chi connectivity index (χ1) is 9.88. The van der Waals surface area contributed by atoms with Crippen LogP contribution in [0.2, 0.25) is 5.02 Å². The number of nitrogens with zero attached hydrogens (tertiary/aromatic N) is 2. The molecule has 4 nitrogen and oxygen atoms in total. The van der Waals surface area contributed by atoms with E-state index in [0.29, 0.717) is 10.1 Å². The van der Waals surface area contributed by atoms with Crippen molar-refractivity contribution in [2.24, 2.45) is 7.05 Å². The van der Waals surface area contributed by atoms with Gasteiger partial charge in [0.05, 0.1) is 22.9 Å². The molecule has 0 spiro atoms. The van der Waals surface area contributed by atoms with Gasteiger partial charge in [0, 0.05) is 22.8 Å². The first-order valence-electron chi connectivity index (χ1n) is 6.39. The van der Waals surface area contributed by atoms with Gasteiger partial charge >= 0.3 is 0 Å². The average molecular weight is 388 g/mol. The standard InChI is InChI=1S/C14H16BrClN4S/c1-8(11-7-17-20(3)9(11)2)18-14(21)19-13-5-4-10(15)6-12(13)16/h4-8H,1-3H3,(H2,18,19,21)/t8-/m1/s1. The molecule has 2 rings (SSSR count). The number of hydrogen-bond donors (Lipinski definition) is 2. The van der Waals surface area contributed by atoms with E-state index in [1.807, 2.05) is 50.0 Å². The van der Waals surface area contributed by atoms with Crippen LogP contribution in [-0.2, 0) is 7.05 Å². The van der Waals surface area contributed by atoms with Crippen LogP contribution in [0, 0.1) is 6.92 Å². The largest absolute Gasteiger partial charge is 0.356 e. The maximum Gasteiger partial charge on any atom is 0.171 e. The predicted molar refractivity (Wildman–Crippen MR) is 94.9 cm³/mol. The van der Waals surface area contributed by atoms with E-state index in [-0.39, 0.29) is 6.04 Å². The first kappa shape index (κ1) is 16.3. The van der Waals surface area contributed by atoms with Crippen molar-refractivity contribution in [1.29, 1.82) is 0 Å². The highest BCUT2D eigenvalue weighted by molar-refractivity contribution is 9.10. The van der Waals surface area contributed by atoms with Crippen LogP contribution >= 0.6 is 39.7 Å². The van der Waals surface area contributed by atoms with Crippen LogP contribution in [0.3, 0.4) is 0 Å². The monoisotopic (exact) mass is 386 g/mol. The Morgan fingerprint density at radius 2 is 2.19 bits per heavy atom. The number of aryl methyl sites for hydroxylation is 1. The van der Waals surface area contributed by atoms with Crippen molar-refractivity contribution in [1.82, 2.24) is 15.1 Å². The van der Waals surface area contributed by atoms with Gasteiger partial charge in [-0.15, -0.1) is 0 Å². The molecule has 0 aliphatic rings. The summed E-state index contributed by atoms with van der Waals surface area (Å²) in [6.45, 7) is 4.07. The van der Waals surface area contributed by atoms with Gasteiger partial charge < -0.3 is 10.6 Å². The Bertz CT molecular complexity index is 671. The number of rotatable bonds is 3. The van der Waals surface area contributed by atoms with Crippen LogP contribution in [-0.4, -0.2) is 14.9 Å². The van der Waals surface area contributed by atoms with Gasteiger partial charge in [-0.3, -0.25) is 4.68 Å². The van der Waals surface area contributed by atoms with E-state index in [9.17, 15) is 0 Å². The summed E-state index contributed by atoms with van der Waals surface area (Å²) in [6.07, 6.45) is 1.85. The van der Waals surface area contributed by atoms with E-state index in [4.69, 9.17) is 23.8 Å². The minimum absolute atomic E-state index is 0.0629. The molecule has 112 valence electrons. The molecule has 0 aliphatic carbocycles. The fraction of sp³-hybridized carbons (Fsp3) is 0.286. The SMILES string of the molecule is Cc1c([C@@H](C)NC(=S)Nc2ccc(Br)cc2Cl)cnn1C. The number of hydrogen-bond acceptors (Lipinski definition) is 2. The normalized spacial score (nSPS) is 12.0. The topological polar surface area (TPSA) is 41.9 Å². The van der Waals surface area contributed by atoms with Crippen LogP contribution in [0.25, 0.3) is 0 Å². The summed E-state index contributed by atoms with van der Waals surface area (Å²) < 4.78 is 2.77. The Morgan fingerprint density at radius 3 is 2.76 bits per heavy atom. The molecule has 21 heavy (non-hydrogen) atoms. The predicted octanol–water partition coefficient (Wildman–Crippen LogP) is 4.19. The molecule has 0 radical (unpaired) electrons. The second kappa shape index (κ2) is 6.77. The fourth-order valence-corrected chi connectivity index (χ4v) is 2.97. The van der Waals surface area contributed by atoms with Gasteiger partial charge in [0.15, 0.2) is 5.11 Å². The van der Waals surface area contributed by atoms with E-state index >= 15 is 0 Å². The van der Waals surface area contributed by atoms with Crippen LogP contribution in [0.5, 0.6) is 0 Å². The lowest BCUT2D eigenvalue weighted by molar-refractivity contribution is 0.701. The molecule has 2 aromatic rings. The van der Waals surface area contributed by atoms with Gasteiger partial charge in [-0.1, -0.05) is 27.5 Å². The third kappa shape index (κ3) is 3.96. The number of aromatic nitrogens is 2. The first-order valence-corrected chi connectivity index (χ1v) is 7.97. The Kier molecular flexibility index (Phi) is 5.24. The summed E-state index contributed by atoms with van der Waals surface area (Å²) in [4.78, 5) is 0. The van der Waals surface area contributed by atoms with Crippen LogP contribution in [0.15, 0.2) is 28.9 Å². The molecule has 1 aromatic carbocycles. The molecule has 0 amide bonds. The Labute approximate surface area is 143 Å². The molecule has 0 saturated carbocycles. The number of halogens is 2.